The highest BCUT2D eigenvalue weighted by molar-refractivity contribution is 5.85. The van der Waals surface area contributed by atoms with E-state index in [4.69, 9.17) is 4.74 Å². The number of hydrogen-bond donors (Lipinski definition) is 1. The van der Waals surface area contributed by atoms with Crippen molar-refractivity contribution in [1.82, 2.24) is 20.1 Å². The van der Waals surface area contributed by atoms with Crippen molar-refractivity contribution in [3.63, 3.8) is 0 Å². The van der Waals surface area contributed by atoms with Gasteiger partial charge in [-0.2, -0.15) is 0 Å². The summed E-state index contributed by atoms with van der Waals surface area (Å²) in [6.07, 6.45) is 2.33. The highest BCUT2D eigenvalue weighted by Gasteiger charge is 2.26. The van der Waals surface area contributed by atoms with Crippen LogP contribution in [0.5, 0.6) is 0 Å². The summed E-state index contributed by atoms with van der Waals surface area (Å²) in [7, 11) is 0. The molecule has 2 aliphatic heterocycles. The van der Waals surface area contributed by atoms with E-state index >= 15 is 0 Å². The zero-order chi connectivity index (χ0) is 12.7. The van der Waals surface area contributed by atoms with Gasteiger partial charge in [0.1, 0.15) is 6.61 Å². The molecule has 1 aromatic carbocycles. The fraction of sp³-hybridized carbons (Fsp3) is 0.429. The predicted octanol–water partition coefficient (Wildman–Crippen LogP) is 2.14. The first-order valence-electron chi connectivity index (χ1n) is 6.77. The third kappa shape index (κ3) is 2.12. The summed E-state index contributed by atoms with van der Waals surface area (Å²) < 4.78 is 7.85. The monoisotopic (exact) mass is 292 g/mol. The summed E-state index contributed by atoms with van der Waals surface area (Å²) >= 11 is 0. The number of benzene rings is 1. The second kappa shape index (κ2) is 5.52. The number of para-hydroxylation sites is 1. The van der Waals surface area contributed by atoms with Crippen molar-refractivity contribution in [3.05, 3.63) is 41.5 Å². The molecule has 0 aliphatic carbocycles. The van der Waals surface area contributed by atoms with Gasteiger partial charge in [0.05, 0.1) is 18.3 Å². The molecule has 1 saturated heterocycles. The average Bonchev–Trinajstić information content (AvgIpc) is 3.05. The lowest BCUT2D eigenvalue weighted by Gasteiger charge is -2.14. The van der Waals surface area contributed by atoms with Crippen molar-refractivity contribution in [3.8, 4) is 5.69 Å². The van der Waals surface area contributed by atoms with E-state index in [2.05, 4.69) is 38.3 Å². The molecule has 5 nitrogen and oxygen atoms in total. The Morgan fingerprint density at radius 3 is 2.95 bits per heavy atom. The molecule has 2 aliphatic rings. The Kier molecular flexibility index (Phi) is 3.74. The van der Waals surface area contributed by atoms with Crippen molar-refractivity contribution >= 4 is 12.4 Å². The maximum absolute atomic E-state index is 5.68. The molecule has 4 rings (SSSR count). The lowest BCUT2D eigenvalue weighted by molar-refractivity contribution is 0.105. The molecule has 0 radical (unpaired) electrons. The molecular weight excluding hydrogens is 276 g/mol. The van der Waals surface area contributed by atoms with Gasteiger partial charge < -0.3 is 10.1 Å². The van der Waals surface area contributed by atoms with Gasteiger partial charge in [0, 0.05) is 5.56 Å². The maximum Gasteiger partial charge on any atom is 0.163 e. The Bertz CT molecular complexity index is 607. The molecule has 1 aromatic heterocycles. The number of fused-ring (bicyclic) bond motifs is 3. The van der Waals surface area contributed by atoms with Gasteiger partial charge in [-0.05, 0) is 25.5 Å². The van der Waals surface area contributed by atoms with Crippen LogP contribution in [-0.2, 0) is 18.0 Å². The van der Waals surface area contributed by atoms with Crippen molar-refractivity contribution < 1.29 is 4.74 Å². The molecule has 0 saturated carbocycles. The molecule has 3 heterocycles. The molecule has 0 unspecified atom stereocenters. The standard InChI is InChI=1S/C14H16N4O.ClH/c1-2-6-12-10(4-1)8-19-9-13-16-17-14(18(12)13)11-5-3-7-15-11;/h1-2,4,6,11,15H,3,5,7-9H2;1H/t11-;/m0./s1. The van der Waals surface area contributed by atoms with E-state index in [-0.39, 0.29) is 12.4 Å². The molecule has 0 bridgehead atoms. The van der Waals surface area contributed by atoms with E-state index < -0.39 is 0 Å². The predicted molar refractivity (Wildman–Crippen MR) is 77.1 cm³/mol. The highest BCUT2D eigenvalue weighted by Crippen LogP contribution is 2.28. The lowest BCUT2D eigenvalue weighted by atomic mass is 10.1. The Hall–Kier alpha value is -1.43. The summed E-state index contributed by atoms with van der Waals surface area (Å²) in [6, 6.07) is 8.64. The summed E-state index contributed by atoms with van der Waals surface area (Å²) in [5.41, 5.74) is 2.35. The minimum Gasteiger partial charge on any atom is -0.369 e. The van der Waals surface area contributed by atoms with Crippen molar-refractivity contribution in [1.29, 1.82) is 0 Å². The van der Waals surface area contributed by atoms with Gasteiger partial charge in [-0.15, -0.1) is 22.6 Å². The van der Waals surface area contributed by atoms with E-state index in [1.807, 2.05) is 6.07 Å². The number of rotatable bonds is 1. The van der Waals surface area contributed by atoms with E-state index in [1.165, 1.54) is 12.0 Å². The number of nitrogens with one attached hydrogen (secondary N) is 1. The Morgan fingerprint density at radius 2 is 2.10 bits per heavy atom. The number of hydrogen-bond acceptors (Lipinski definition) is 4. The first-order chi connectivity index (χ1) is 9.43. The minimum atomic E-state index is 0. The summed E-state index contributed by atoms with van der Waals surface area (Å²) in [5, 5.41) is 12.2. The van der Waals surface area contributed by atoms with Gasteiger partial charge in [0.25, 0.3) is 0 Å². The highest BCUT2D eigenvalue weighted by atomic mass is 35.5. The van der Waals surface area contributed by atoms with Crippen molar-refractivity contribution in [2.24, 2.45) is 0 Å². The third-order valence-electron chi connectivity index (χ3n) is 3.85. The fourth-order valence-electron chi connectivity index (χ4n) is 2.92. The number of halogens is 1. The number of nitrogens with zero attached hydrogens (tertiary/aromatic N) is 3. The summed E-state index contributed by atoms with van der Waals surface area (Å²) in [6.45, 7) is 2.22. The van der Waals surface area contributed by atoms with E-state index in [1.54, 1.807) is 0 Å². The lowest BCUT2D eigenvalue weighted by Crippen LogP contribution is -2.18. The molecule has 6 heteroatoms. The second-order valence-electron chi connectivity index (χ2n) is 5.08. The van der Waals surface area contributed by atoms with Crippen molar-refractivity contribution in [2.75, 3.05) is 6.54 Å². The van der Waals surface area contributed by atoms with Crippen LogP contribution >= 0.6 is 12.4 Å². The van der Waals surface area contributed by atoms with E-state index in [0.29, 0.717) is 19.3 Å². The summed E-state index contributed by atoms with van der Waals surface area (Å²) in [4.78, 5) is 0. The van der Waals surface area contributed by atoms with Gasteiger partial charge in [-0.1, -0.05) is 18.2 Å². The Labute approximate surface area is 123 Å². The van der Waals surface area contributed by atoms with Crippen LogP contribution in [-0.4, -0.2) is 21.3 Å². The molecular formula is C14H17ClN4O. The van der Waals surface area contributed by atoms with Crippen LogP contribution in [0.2, 0.25) is 0 Å². The first-order valence-corrected chi connectivity index (χ1v) is 6.77. The van der Waals surface area contributed by atoms with Crippen molar-refractivity contribution in [2.45, 2.75) is 32.1 Å². The van der Waals surface area contributed by atoms with Crippen LogP contribution in [0.25, 0.3) is 5.69 Å². The van der Waals surface area contributed by atoms with Gasteiger partial charge in [0.15, 0.2) is 11.6 Å². The van der Waals surface area contributed by atoms with Crippen LogP contribution in [0.15, 0.2) is 24.3 Å². The number of aromatic nitrogens is 3. The molecule has 2 aromatic rings. The van der Waals surface area contributed by atoms with Crippen LogP contribution in [0.4, 0.5) is 0 Å². The molecule has 1 fully saturated rings. The van der Waals surface area contributed by atoms with Gasteiger partial charge in [0.2, 0.25) is 0 Å². The minimum absolute atomic E-state index is 0. The SMILES string of the molecule is Cl.c1ccc2c(c1)COCc1nnc([C@@H]3CCCN3)n1-2. The molecule has 20 heavy (non-hydrogen) atoms. The third-order valence-corrected chi connectivity index (χ3v) is 3.85. The second-order valence-corrected chi connectivity index (χ2v) is 5.08. The van der Waals surface area contributed by atoms with Crippen LogP contribution < -0.4 is 5.32 Å². The van der Waals surface area contributed by atoms with Crippen LogP contribution in [0.1, 0.15) is 36.1 Å². The number of ether oxygens (including phenoxy) is 1. The molecule has 1 N–H and O–H groups in total. The normalized spacial score (nSPS) is 20.7. The average molecular weight is 293 g/mol. The maximum atomic E-state index is 5.68. The largest absolute Gasteiger partial charge is 0.369 e. The van der Waals surface area contributed by atoms with Gasteiger partial charge in [-0.25, -0.2) is 0 Å². The summed E-state index contributed by atoms with van der Waals surface area (Å²) in [5.74, 6) is 1.92. The molecule has 0 spiro atoms. The topological polar surface area (TPSA) is 52.0 Å². The fourth-order valence-corrected chi connectivity index (χ4v) is 2.92. The van der Waals surface area contributed by atoms with Gasteiger partial charge in [-0.3, -0.25) is 4.57 Å². The molecule has 1 atom stereocenters. The quantitative estimate of drug-likeness (QED) is 0.875. The van der Waals surface area contributed by atoms with E-state index in [9.17, 15) is 0 Å². The van der Waals surface area contributed by atoms with Crippen LogP contribution in [0.3, 0.4) is 0 Å². The Balaban J connectivity index is 0.00000121. The Morgan fingerprint density at radius 1 is 1.20 bits per heavy atom. The van der Waals surface area contributed by atoms with Crippen LogP contribution in [0, 0.1) is 0 Å². The smallest absolute Gasteiger partial charge is 0.163 e. The van der Waals surface area contributed by atoms with E-state index in [0.717, 1.165) is 30.3 Å². The first kappa shape index (κ1) is 13.5. The zero-order valence-electron chi connectivity index (χ0n) is 11.1. The molecule has 0 amide bonds. The van der Waals surface area contributed by atoms with Gasteiger partial charge >= 0.3 is 0 Å². The zero-order valence-corrected chi connectivity index (χ0v) is 11.9. The molecule has 106 valence electrons.